The molecule has 4 nitrogen and oxygen atoms in total. The third-order valence-corrected chi connectivity index (χ3v) is 4.26. The predicted octanol–water partition coefficient (Wildman–Crippen LogP) is 1.69. The lowest BCUT2D eigenvalue weighted by atomic mass is 9.92. The number of hydrogen-bond acceptors (Lipinski definition) is 4. The standard InChI is InChI=1S/C14H14O4/c1-8-11-7-18-13(16)14(8,11)12(15)9-3-5-10(17-2)6-4-9/h3-6,8,11H,7H2,1-2H3/t8-,11+,14-/m1/s1. The molecule has 1 saturated carbocycles. The van der Waals surface area contributed by atoms with Gasteiger partial charge in [-0.1, -0.05) is 6.92 Å². The fraction of sp³-hybridized carbons (Fsp3) is 0.429. The van der Waals surface area contributed by atoms with Crippen molar-refractivity contribution in [3.63, 3.8) is 0 Å². The van der Waals surface area contributed by atoms with Crippen LogP contribution in [0.5, 0.6) is 5.75 Å². The van der Waals surface area contributed by atoms with E-state index in [1.807, 2.05) is 6.92 Å². The molecule has 1 aromatic carbocycles. The van der Waals surface area contributed by atoms with Crippen molar-refractivity contribution in [3.8, 4) is 5.75 Å². The van der Waals surface area contributed by atoms with Crippen LogP contribution in [0.1, 0.15) is 17.3 Å². The van der Waals surface area contributed by atoms with Gasteiger partial charge in [-0.05, 0) is 30.2 Å². The maximum atomic E-state index is 12.5. The Morgan fingerprint density at radius 2 is 2.06 bits per heavy atom. The molecule has 1 heterocycles. The molecule has 0 spiro atoms. The number of benzene rings is 1. The number of hydrogen-bond donors (Lipinski definition) is 0. The third kappa shape index (κ3) is 1.20. The summed E-state index contributed by atoms with van der Waals surface area (Å²) in [4.78, 5) is 24.3. The van der Waals surface area contributed by atoms with Crippen molar-refractivity contribution in [2.75, 3.05) is 13.7 Å². The van der Waals surface area contributed by atoms with Gasteiger partial charge in [-0.3, -0.25) is 9.59 Å². The topological polar surface area (TPSA) is 52.6 Å². The summed E-state index contributed by atoms with van der Waals surface area (Å²) in [7, 11) is 1.57. The summed E-state index contributed by atoms with van der Waals surface area (Å²) in [5.41, 5.74) is -0.363. The molecule has 4 heteroatoms. The molecule has 0 N–H and O–H groups in total. The molecule has 3 rings (SSSR count). The van der Waals surface area contributed by atoms with Gasteiger partial charge in [0.05, 0.1) is 13.7 Å². The van der Waals surface area contributed by atoms with E-state index < -0.39 is 5.41 Å². The summed E-state index contributed by atoms with van der Waals surface area (Å²) in [6, 6.07) is 6.85. The Morgan fingerprint density at radius 1 is 1.39 bits per heavy atom. The van der Waals surface area contributed by atoms with Crippen molar-refractivity contribution in [3.05, 3.63) is 29.8 Å². The van der Waals surface area contributed by atoms with Crippen LogP contribution in [0.15, 0.2) is 24.3 Å². The molecule has 2 aliphatic rings. The minimum atomic E-state index is -0.908. The molecule has 0 bridgehead atoms. The minimum Gasteiger partial charge on any atom is -0.497 e. The summed E-state index contributed by atoms with van der Waals surface area (Å²) < 4.78 is 10.0. The van der Waals surface area contributed by atoms with Crippen molar-refractivity contribution in [2.24, 2.45) is 17.3 Å². The molecule has 18 heavy (non-hydrogen) atoms. The first-order chi connectivity index (χ1) is 8.62. The molecule has 1 aromatic rings. The normalized spacial score (nSPS) is 32.7. The van der Waals surface area contributed by atoms with Gasteiger partial charge in [0, 0.05) is 11.5 Å². The summed E-state index contributed by atoms with van der Waals surface area (Å²) >= 11 is 0. The Kier molecular flexibility index (Phi) is 2.24. The average Bonchev–Trinajstić information content (AvgIpc) is 2.83. The molecule has 0 aromatic heterocycles. The van der Waals surface area contributed by atoms with Crippen molar-refractivity contribution >= 4 is 11.8 Å². The number of esters is 1. The zero-order valence-corrected chi connectivity index (χ0v) is 10.3. The maximum Gasteiger partial charge on any atom is 0.320 e. The molecule has 3 atom stereocenters. The fourth-order valence-corrected chi connectivity index (χ4v) is 3.00. The first kappa shape index (κ1) is 11.3. The second-order valence-corrected chi connectivity index (χ2v) is 4.92. The molecule has 1 saturated heterocycles. The number of Topliss-reactive ketones (excluding diaryl/α,β-unsaturated/α-hetero) is 1. The zero-order valence-electron chi connectivity index (χ0n) is 10.3. The highest BCUT2D eigenvalue weighted by atomic mass is 16.5. The molecule has 0 radical (unpaired) electrons. The second-order valence-electron chi connectivity index (χ2n) is 4.92. The Labute approximate surface area is 105 Å². The first-order valence-electron chi connectivity index (χ1n) is 5.98. The number of cyclic esters (lactones) is 1. The number of fused-ring (bicyclic) bond motifs is 1. The summed E-state index contributed by atoms with van der Waals surface area (Å²) in [5.74, 6) is 0.359. The average molecular weight is 246 g/mol. The Balaban J connectivity index is 1.93. The van der Waals surface area contributed by atoms with Crippen LogP contribution >= 0.6 is 0 Å². The highest BCUT2D eigenvalue weighted by Crippen LogP contribution is 2.64. The van der Waals surface area contributed by atoms with Crippen LogP contribution in [-0.4, -0.2) is 25.5 Å². The molecule has 1 aliphatic heterocycles. The molecule has 0 amide bonds. The molecule has 94 valence electrons. The van der Waals surface area contributed by atoms with E-state index in [1.54, 1.807) is 31.4 Å². The summed E-state index contributed by atoms with van der Waals surface area (Å²) in [6.45, 7) is 2.31. The predicted molar refractivity (Wildman–Crippen MR) is 63.4 cm³/mol. The highest BCUT2D eigenvalue weighted by molar-refractivity contribution is 6.16. The minimum absolute atomic E-state index is 0.0552. The van der Waals surface area contributed by atoms with E-state index in [9.17, 15) is 9.59 Å². The van der Waals surface area contributed by atoms with Crippen LogP contribution in [0.25, 0.3) is 0 Å². The van der Waals surface area contributed by atoms with Crippen molar-refractivity contribution in [2.45, 2.75) is 6.92 Å². The quantitative estimate of drug-likeness (QED) is 0.462. The zero-order chi connectivity index (χ0) is 12.9. The van der Waals surface area contributed by atoms with E-state index in [0.29, 0.717) is 17.9 Å². The molecule has 1 aliphatic carbocycles. The van der Waals surface area contributed by atoms with Gasteiger partial charge >= 0.3 is 5.97 Å². The van der Waals surface area contributed by atoms with Gasteiger partial charge in [0.25, 0.3) is 0 Å². The Bertz CT molecular complexity index is 519. The van der Waals surface area contributed by atoms with Gasteiger partial charge in [-0.15, -0.1) is 0 Å². The lowest BCUT2D eigenvalue weighted by Crippen LogP contribution is -2.27. The molecular formula is C14H14O4. The van der Waals surface area contributed by atoms with Crippen LogP contribution in [0, 0.1) is 17.3 Å². The highest BCUT2D eigenvalue weighted by Gasteiger charge is 2.76. The van der Waals surface area contributed by atoms with Crippen LogP contribution in [-0.2, 0) is 9.53 Å². The third-order valence-electron chi connectivity index (χ3n) is 4.26. The second kappa shape index (κ2) is 3.57. The van der Waals surface area contributed by atoms with Gasteiger partial charge in [0.2, 0.25) is 0 Å². The maximum absolute atomic E-state index is 12.5. The van der Waals surface area contributed by atoms with Gasteiger partial charge in [0.1, 0.15) is 11.2 Å². The van der Waals surface area contributed by atoms with Gasteiger partial charge < -0.3 is 9.47 Å². The number of methoxy groups -OCH3 is 1. The molecule has 2 fully saturated rings. The van der Waals surface area contributed by atoms with E-state index in [4.69, 9.17) is 9.47 Å². The number of ether oxygens (including phenoxy) is 2. The Hall–Kier alpha value is -1.84. The number of ketones is 1. The van der Waals surface area contributed by atoms with Gasteiger partial charge in [-0.2, -0.15) is 0 Å². The van der Waals surface area contributed by atoms with Crippen molar-refractivity contribution in [1.29, 1.82) is 0 Å². The summed E-state index contributed by atoms with van der Waals surface area (Å²) in [5, 5.41) is 0. The molecule has 0 unspecified atom stereocenters. The smallest absolute Gasteiger partial charge is 0.320 e. The van der Waals surface area contributed by atoms with Gasteiger partial charge in [-0.25, -0.2) is 0 Å². The van der Waals surface area contributed by atoms with Crippen molar-refractivity contribution in [1.82, 2.24) is 0 Å². The fourth-order valence-electron chi connectivity index (χ4n) is 3.00. The van der Waals surface area contributed by atoms with E-state index in [0.717, 1.165) is 0 Å². The van der Waals surface area contributed by atoms with E-state index in [2.05, 4.69) is 0 Å². The SMILES string of the molecule is COc1ccc(C(=O)[C@]23C(=O)OC[C@H]2[C@H]3C)cc1. The first-order valence-corrected chi connectivity index (χ1v) is 5.98. The Morgan fingerprint density at radius 3 is 2.56 bits per heavy atom. The summed E-state index contributed by atoms with van der Waals surface area (Å²) in [6.07, 6.45) is 0. The van der Waals surface area contributed by atoms with Gasteiger partial charge in [0.15, 0.2) is 5.78 Å². The number of carbonyl (C=O) groups excluding carboxylic acids is 2. The monoisotopic (exact) mass is 246 g/mol. The van der Waals surface area contributed by atoms with E-state index in [1.165, 1.54) is 0 Å². The number of carbonyl (C=O) groups is 2. The van der Waals surface area contributed by atoms with Crippen molar-refractivity contribution < 1.29 is 19.1 Å². The van der Waals surface area contributed by atoms with Crippen LogP contribution < -0.4 is 4.74 Å². The number of rotatable bonds is 3. The van der Waals surface area contributed by atoms with E-state index in [-0.39, 0.29) is 23.6 Å². The molecular weight excluding hydrogens is 232 g/mol. The van der Waals surface area contributed by atoms with Crippen LogP contribution in [0.2, 0.25) is 0 Å². The lowest BCUT2D eigenvalue weighted by Gasteiger charge is -2.10. The lowest BCUT2D eigenvalue weighted by molar-refractivity contribution is -0.144. The van der Waals surface area contributed by atoms with Crippen LogP contribution in [0.4, 0.5) is 0 Å². The van der Waals surface area contributed by atoms with Crippen LogP contribution in [0.3, 0.4) is 0 Å². The van der Waals surface area contributed by atoms with E-state index >= 15 is 0 Å². The largest absolute Gasteiger partial charge is 0.497 e.